The molecule has 4 aromatic rings. The van der Waals surface area contributed by atoms with E-state index in [-0.39, 0.29) is 5.91 Å². The van der Waals surface area contributed by atoms with Crippen molar-refractivity contribution in [2.24, 2.45) is 0 Å². The standard InChI is InChI=1S/C30H34N4O3/c1-3-10-23-15-16-27(28(21-23)36-2)37-20-7-6-19-34-26-13-5-4-12-25(26)33-29(34)14-9-18-32-30(35)24-11-8-17-31-22-24/h3-5,8,11-13,15-17,21-22H,1,6-7,9-10,14,18-20H2,2H3,(H,32,35). The van der Waals surface area contributed by atoms with E-state index >= 15 is 0 Å². The fourth-order valence-electron chi connectivity index (χ4n) is 4.29. The van der Waals surface area contributed by atoms with Gasteiger partial charge in [-0.15, -0.1) is 6.58 Å². The van der Waals surface area contributed by atoms with E-state index in [4.69, 9.17) is 14.5 Å². The van der Waals surface area contributed by atoms with E-state index < -0.39 is 0 Å². The first kappa shape index (κ1) is 25.9. The maximum absolute atomic E-state index is 12.3. The Bertz CT molecular complexity index is 1320. The third kappa shape index (κ3) is 6.97. The summed E-state index contributed by atoms with van der Waals surface area (Å²) in [5.41, 5.74) is 3.85. The lowest BCUT2D eigenvalue weighted by atomic mass is 10.1. The predicted octanol–water partition coefficient (Wildman–Crippen LogP) is 5.39. The van der Waals surface area contributed by atoms with Crippen molar-refractivity contribution in [3.05, 3.63) is 96.6 Å². The van der Waals surface area contributed by atoms with E-state index in [0.717, 1.165) is 72.6 Å². The van der Waals surface area contributed by atoms with Gasteiger partial charge in [0.1, 0.15) is 5.82 Å². The molecule has 4 rings (SSSR count). The number of benzene rings is 2. The summed E-state index contributed by atoms with van der Waals surface area (Å²) in [6.45, 7) is 5.84. The monoisotopic (exact) mass is 498 g/mol. The first-order valence-electron chi connectivity index (χ1n) is 12.7. The van der Waals surface area contributed by atoms with Crippen molar-refractivity contribution in [2.45, 2.75) is 38.6 Å². The number of hydrogen-bond acceptors (Lipinski definition) is 5. The van der Waals surface area contributed by atoms with Gasteiger partial charge in [-0.05, 0) is 67.6 Å². The lowest BCUT2D eigenvalue weighted by Gasteiger charge is -2.13. The van der Waals surface area contributed by atoms with E-state index in [1.54, 1.807) is 31.6 Å². The average molecular weight is 499 g/mol. The number of nitrogens with one attached hydrogen (secondary N) is 1. The molecule has 0 aliphatic heterocycles. The summed E-state index contributed by atoms with van der Waals surface area (Å²) in [6, 6.07) is 17.8. The molecular weight excluding hydrogens is 464 g/mol. The molecule has 0 fully saturated rings. The molecule has 0 saturated heterocycles. The number of imidazole rings is 1. The topological polar surface area (TPSA) is 78.3 Å². The maximum atomic E-state index is 12.3. The minimum absolute atomic E-state index is 0.103. The normalized spacial score (nSPS) is 10.8. The Morgan fingerprint density at radius 3 is 2.78 bits per heavy atom. The fourth-order valence-corrected chi connectivity index (χ4v) is 4.29. The average Bonchev–Trinajstić information content (AvgIpc) is 3.29. The highest BCUT2D eigenvalue weighted by Crippen LogP contribution is 2.28. The summed E-state index contributed by atoms with van der Waals surface area (Å²) >= 11 is 0. The van der Waals surface area contributed by atoms with Crippen molar-refractivity contribution < 1.29 is 14.3 Å². The van der Waals surface area contributed by atoms with Gasteiger partial charge in [-0.1, -0.05) is 24.3 Å². The first-order valence-corrected chi connectivity index (χ1v) is 12.7. The minimum atomic E-state index is -0.103. The molecule has 0 bridgehead atoms. The van der Waals surface area contributed by atoms with Crippen LogP contribution in [0.15, 0.2) is 79.6 Å². The summed E-state index contributed by atoms with van der Waals surface area (Å²) in [4.78, 5) is 21.1. The van der Waals surface area contributed by atoms with Crippen LogP contribution in [0.5, 0.6) is 11.5 Å². The smallest absolute Gasteiger partial charge is 0.252 e. The fraction of sp³-hybridized carbons (Fsp3) is 0.300. The number of aryl methyl sites for hydroxylation is 2. The van der Waals surface area contributed by atoms with Gasteiger partial charge in [-0.2, -0.15) is 0 Å². The molecule has 192 valence electrons. The van der Waals surface area contributed by atoms with Crippen LogP contribution in [0.2, 0.25) is 0 Å². The number of rotatable bonds is 14. The number of unbranched alkanes of at least 4 members (excludes halogenated alkanes) is 1. The van der Waals surface area contributed by atoms with Crippen molar-refractivity contribution in [1.29, 1.82) is 0 Å². The number of fused-ring (bicyclic) bond motifs is 1. The summed E-state index contributed by atoms with van der Waals surface area (Å²) < 4.78 is 13.8. The molecule has 0 atom stereocenters. The van der Waals surface area contributed by atoms with Gasteiger partial charge in [0.05, 0.1) is 30.3 Å². The summed E-state index contributed by atoms with van der Waals surface area (Å²) in [5, 5.41) is 2.97. The maximum Gasteiger partial charge on any atom is 0.252 e. The van der Waals surface area contributed by atoms with Crippen molar-refractivity contribution in [3.8, 4) is 11.5 Å². The van der Waals surface area contributed by atoms with Crippen LogP contribution in [0, 0.1) is 0 Å². The number of allylic oxidation sites excluding steroid dienone is 1. The van der Waals surface area contributed by atoms with Crippen LogP contribution < -0.4 is 14.8 Å². The van der Waals surface area contributed by atoms with Crippen LogP contribution in [-0.4, -0.2) is 40.7 Å². The second kappa shape index (κ2) is 13.3. The summed E-state index contributed by atoms with van der Waals surface area (Å²) in [7, 11) is 1.66. The van der Waals surface area contributed by atoms with E-state index in [1.807, 2.05) is 42.5 Å². The Hall–Kier alpha value is -4.13. The predicted molar refractivity (Wildman–Crippen MR) is 146 cm³/mol. The number of para-hydroxylation sites is 2. The Balaban J connectivity index is 1.29. The Morgan fingerprint density at radius 1 is 1.08 bits per heavy atom. The van der Waals surface area contributed by atoms with Gasteiger partial charge in [-0.25, -0.2) is 4.98 Å². The van der Waals surface area contributed by atoms with Gasteiger partial charge in [-0.3, -0.25) is 9.78 Å². The van der Waals surface area contributed by atoms with E-state index in [2.05, 4.69) is 27.5 Å². The minimum Gasteiger partial charge on any atom is -0.493 e. The molecule has 0 aliphatic carbocycles. The van der Waals surface area contributed by atoms with Crippen LogP contribution in [0.3, 0.4) is 0 Å². The molecule has 2 aromatic carbocycles. The number of nitrogens with zero attached hydrogens (tertiary/aromatic N) is 3. The van der Waals surface area contributed by atoms with Crippen LogP contribution in [0.25, 0.3) is 11.0 Å². The van der Waals surface area contributed by atoms with Crippen LogP contribution >= 0.6 is 0 Å². The molecule has 2 aromatic heterocycles. The van der Waals surface area contributed by atoms with Gasteiger partial charge in [0.15, 0.2) is 11.5 Å². The lowest BCUT2D eigenvalue weighted by Crippen LogP contribution is -2.25. The number of methoxy groups -OCH3 is 1. The molecule has 7 nitrogen and oxygen atoms in total. The molecule has 1 N–H and O–H groups in total. The third-order valence-corrected chi connectivity index (χ3v) is 6.16. The zero-order chi connectivity index (χ0) is 25.9. The molecule has 1 amide bonds. The Kier molecular flexibility index (Phi) is 9.29. The van der Waals surface area contributed by atoms with E-state index in [9.17, 15) is 4.79 Å². The third-order valence-electron chi connectivity index (χ3n) is 6.16. The number of hydrogen-bond donors (Lipinski definition) is 1. The van der Waals surface area contributed by atoms with Crippen LogP contribution in [0.4, 0.5) is 0 Å². The molecular formula is C30H34N4O3. The zero-order valence-corrected chi connectivity index (χ0v) is 21.4. The summed E-state index contributed by atoms with van der Waals surface area (Å²) in [6.07, 6.45) is 9.37. The molecule has 0 unspecified atom stereocenters. The number of carbonyl (C=O) groups is 1. The number of pyridine rings is 1. The van der Waals surface area contributed by atoms with Crippen molar-refractivity contribution in [2.75, 3.05) is 20.3 Å². The van der Waals surface area contributed by atoms with E-state index in [1.165, 1.54) is 0 Å². The van der Waals surface area contributed by atoms with Gasteiger partial charge in [0, 0.05) is 31.9 Å². The molecule has 0 saturated carbocycles. The van der Waals surface area contributed by atoms with Crippen LogP contribution in [0.1, 0.15) is 41.0 Å². The Labute approximate surface area is 218 Å². The van der Waals surface area contributed by atoms with Crippen molar-refractivity contribution >= 4 is 16.9 Å². The van der Waals surface area contributed by atoms with Gasteiger partial charge >= 0.3 is 0 Å². The molecule has 7 heteroatoms. The largest absolute Gasteiger partial charge is 0.493 e. The highest BCUT2D eigenvalue weighted by Gasteiger charge is 2.11. The first-order chi connectivity index (χ1) is 18.2. The summed E-state index contributed by atoms with van der Waals surface area (Å²) in [5.74, 6) is 2.45. The van der Waals surface area contributed by atoms with Gasteiger partial charge < -0.3 is 19.4 Å². The zero-order valence-electron chi connectivity index (χ0n) is 21.4. The molecule has 2 heterocycles. The number of amides is 1. The van der Waals surface area contributed by atoms with Crippen molar-refractivity contribution in [3.63, 3.8) is 0 Å². The second-order valence-electron chi connectivity index (χ2n) is 8.80. The molecule has 0 radical (unpaired) electrons. The molecule has 0 spiro atoms. The van der Waals surface area contributed by atoms with Crippen LogP contribution in [-0.2, 0) is 19.4 Å². The SMILES string of the molecule is C=CCc1ccc(OCCCCn2c(CCCNC(=O)c3cccnc3)nc3ccccc32)c(OC)c1. The van der Waals surface area contributed by atoms with E-state index in [0.29, 0.717) is 18.7 Å². The quantitative estimate of drug-likeness (QED) is 0.186. The van der Waals surface area contributed by atoms with Gasteiger partial charge in [0.25, 0.3) is 5.91 Å². The number of ether oxygens (including phenoxy) is 2. The van der Waals surface area contributed by atoms with Gasteiger partial charge in [0.2, 0.25) is 0 Å². The Morgan fingerprint density at radius 2 is 1.97 bits per heavy atom. The second-order valence-corrected chi connectivity index (χ2v) is 8.80. The molecule has 37 heavy (non-hydrogen) atoms. The van der Waals surface area contributed by atoms with Crippen molar-refractivity contribution in [1.82, 2.24) is 19.9 Å². The number of carbonyl (C=O) groups excluding carboxylic acids is 1. The number of aromatic nitrogens is 3. The molecule has 0 aliphatic rings. The highest BCUT2D eigenvalue weighted by atomic mass is 16.5. The lowest BCUT2D eigenvalue weighted by molar-refractivity contribution is 0.0952. The highest BCUT2D eigenvalue weighted by molar-refractivity contribution is 5.93.